The fraction of sp³-hybridized carbons (Fsp3) is 0.444. The number of nitrogens with one attached hydrogen (secondary N) is 1. The summed E-state index contributed by atoms with van der Waals surface area (Å²) >= 11 is 1.92. The molecular weight excluding hydrogens is 276 g/mol. The number of hydrogen-bond donors (Lipinski definition) is 1. The van der Waals surface area contributed by atoms with E-state index < -0.39 is 0 Å². The Hall–Kier alpha value is -1.16. The fourth-order valence-electron chi connectivity index (χ4n) is 2.41. The molecule has 0 radical (unpaired) electrons. The van der Waals surface area contributed by atoms with E-state index in [0.717, 1.165) is 32.6 Å². The summed E-state index contributed by atoms with van der Waals surface area (Å²) in [6, 6.07) is 13.1. The van der Waals surface area contributed by atoms with Gasteiger partial charge in [0.1, 0.15) is 0 Å². The van der Waals surface area contributed by atoms with Gasteiger partial charge in [0.2, 0.25) is 0 Å². The quantitative estimate of drug-likeness (QED) is 0.797. The minimum Gasteiger partial charge on any atom is -0.312 e. The van der Waals surface area contributed by atoms with Crippen LogP contribution in [0.3, 0.4) is 0 Å². The highest BCUT2D eigenvalue weighted by molar-refractivity contribution is 7.12. The Kier molecular flexibility index (Phi) is 6.43. The molecule has 1 N–H and O–H groups in total. The summed E-state index contributed by atoms with van der Waals surface area (Å²) in [6.45, 7) is 8.56. The van der Waals surface area contributed by atoms with Crippen molar-refractivity contribution in [3.63, 3.8) is 0 Å². The number of nitrogens with zero attached hydrogens (tertiary/aromatic N) is 1. The maximum atomic E-state index is 3.40. The van der Waals surface area contributed by atoms with Gasteiger partial charge >= 0.3 is 0 Å². The van der Waals surface area contributed by atoms with Crippen molar-refractivity contribution in [3.05, 3.63) is 57.3 Å². The van der Waals surface area contributed by atoms with E-state index in [4.69, 9.17) is 0 Å². The lowest BCUT2D eigenvalue weighted by Gasteiger charge is -2.16. The third-order valence-electron chi connectivity index (χ3n) is 3.69. The zero-order valence-electron chi connectivity index (χ0n) is 13.4. The summed E-state index contributed by atoms with van der Waals surface area (Å²) in [7, 11) is 2.21. The van der Waals surface area contributed by atoms with Gasteiger partial charge in [-0.1, -0.05) is 37.3 Å². The molecule has 0 aliphatic carbocycles. The van der Waals surface area contributed by atoms with E-state index in [1.165, 1.54) is 20.9 Å². The Bertz CT molecular complexity index is 533. The Morgan fingerprint density at radius 2 is 1.95 bits per heavy atom. The van der Waals surface area contributed by atoms with Gasteiger partial charge in [0.05, 0.1) is 0 Å². The van der Waals surface area contributed by atoms with Crippen molar-refractivity contribution in [2.75, 3.05) is 20.1 Å². The first kappa shape index (κ1) is 16.2. The van der Waals surface area contributed by atoms with Crippen LogP contribution in [0.5, 0.6) is 0 Å². The Morgan fingerprint density at radius 1 is 1.19 bits per heavy atom. The highest BCUT2D eigenvalue weighted by atomic mass is 32.1. The van der Waals surface area contributed by atoms with Crippen molar-refractivity contribution < 1.29 is 0 Å². The van der Waals surface area contributed by atoms with Crippen LogP contribution in [0.1, 0.15) is 27.8 Å². The van der Waals surface area contributed by atoms with E-state index in [1.54, 1.807) is 0 Å². The summed E-state index contributed by atoms with van der Waals surface area (Å²) < 4.78 is 0. The van der Waals surface area contributed by atoms with Crippen molar-refractivity contribution >= 4 is 11.3 Å². The molecule has 114 valence electrons. The van der Waals surface area contributed by atoms with Crippen LogP contribution < -0.4 is 5.32 Å². The minimum atomic E-state index is 0.996. The molecule has 0 fully saturated rings. The number of hydrogen-bond acceptors (Lipinski definition) is 3. The van der Waals surface area contributed by atoms with Crippen LogP contribution in [-0.2, 0) is 19.5 Å². The first-order valence-electron chi connectivity index (χ1n) is 7.70. The molecule has 0 bridgehead atoms. The van der Waals surface area contributed by atoms with E-state index in [1.807, 2.05) is 11.3 Å². The number of benzene rings is 1. The van der Waals surface area contributed by atoms with Gasteiger partial charge in [0.25, 0.3) is 0 Å². The molecule has 2 aromatic rings. The Morgan fingerprint density at radius 3 is 2.67 bits per heavy atom. The Labute approximate surface area is 132 Å². The Balaban J connectivity index is 1.84. The molecule has 2 nitrogen and oxygen atoms in total. The van der Waals surface area contributed by atoms with Crippen LogP contribution in [0, 0.1) is 6.92 Å². The standard InChI is InChI=1S/C18H26N2S/c1-4-19-13-18-12-17(15(2)21-18)14-20(3)11-10-16-8-6-5-7-9-16/h5-9,12,19H,4,10-11,13-14H2,1-3H3. The summed E-state index contributed by atoms with van der Waals surface area (Å²) in [5, 5.41) is 3.40. The molecule has 3 heteroatoms. The van der Waals surface area contributed by atoms with Gasteiger partial charge in [0.15, 0.2) is 0 Å². The van der Waals surface area contributed by atoms with Gasteiger partial charge in [-0.2, -0.15) is 0 Å². The zero-order valence-corrected chi connectivity index (χ0v) is 14.2. The molecule has 1 heterocycles. The molecule has 0 spiro atoms. The summed E-state index contributed by atoms with van der Waals surface area (Å²) in [4.78, 5) is 5.31. The van der Waals surface area contributed by atoms with Crippen molar-refractivity contribution in [2.45, 2.75) is 33.4 Å². The molecular formula is C18H26N2S. The van der Waals surface area contributed by atoms with E-state index in [0.29, 0.717) is 0 Å². The van der Waals surface area contributed by atoms with Crippen molar-refractivity contribution in [1.29, 1.82) is 0 Å². The number of thiophene rings is 1. The number of likely N-dealkylation sites (N-methyl/N-ethyl adjacent to an activating group) is 1. The number of aryl methyl sites for hydroxylation is 1. The summed E-state index contributed by atoms with van der Waals surface area (Å²) in [6.07, 6.45) is 1.12. The van der Waals surface area contributed by atoms with Crippen molar-refractivity contribution in [3.8, 4) is 0 Å². The van der Waals surface area contributed by atoms with Gasteiger partial charge < -0.3 is 10.2 Å². The maximum Gasteiger partial charge on any atom is 0.0299 e. The van der Waals surface area contributed by atoms with Crippen LogP contribution in [-0.4, -0.2) is 25.0 Å². The minimum absolute atomic E-state index is 0.996. The predicted molar refractivity (Wildman–Crippen MR) is 92.9 cm³/mol. The first-order valence-corrected chi connectivity index (χ1v) is 8.52. The molecule has 1 aromatic carbocycles. The smallest absolute Gasteiger partial charge is 0.0299 e. The van der Waals surface area contributed by atoms with Crippen LogP contribution in [0.25, 0.3) is 0 Å². The summed E-state index contributed by atoms with van der Waals surface area (Å²) in [5.41, 5.74) is 2.89. The van der Waals surface area contributed by atoms with E-state index in [-0.39, 0.29) is 0 Å². The van der Waals surface area contributed by atoms with Gasteiger partial charge in [-0.15, -0.1) is 11.3 Å². The monoisotopic (exact) mass is 302 g/mol. The van der Waals surface area contributed by atoms with Gasteiger partial charge in [-0.25, -0.2) is 0 Å². The highest BCUT2D eigenvalue weighted by Crippen LogP contribution is 2.22. The average molecular weight is 302 g/mol. The lowest BCUT2D eigenvalue weighted by Crippen LogP contribution is -2.20. The SMILES string of the molecule is CCNCc1cc(CN(C)CCc2ccccc2)c(C)s1. The van der Waals surface area contributed by atoms with Gasteiger partial charge in [-0.3, -0.25) is 0 Å². The molecule has 0 saturated heterocycles. The van der Waals surface area contributed by atoms with Crippen LogP contribution >= 0.6 is 11.3 Å². The lowest BCUT2D eigenvalue weighted by molar-refractivity contribution is 0.331. The molecule has 0 saturated carbocycles. The average Bonchev–Trinajstić information content (AvgIpc) is 2.84. The van der Waals surface area contributed by atoms with Crippen LogP contribution in [0.15, 0.2) is 36.4 Å². The van der Waals surface area contributed by atoms with Crippen LogP contribution in [0.2, 0.25) is 0 Å². The second-order valence-electron chi connectivity index (χ2n) is 5.55. The zero-order chi connectivity index (χ0) is 15.1. The fourth-order valence-corrected chi connectivity index (χ4v) is 3.44. The molecule has 0 amide bonds. The largest absolute Gasteiger partial charge is 0.312 e. The topological polar surface area (TPSA) is 15.3 Å². The normalized spacial score (nSPS) is 11.2. The molecule has 0 aliphatic rings. The molecule has 0 atom stereocenters. The number of rotatable bonds is 8. The molecule has 21 heavy (non-hydrogen) atoms. The molecule has 2 rings (SSSR count). The lowest BCUT2D eigenvalue weighted by atomic mass is 10.1. The molecule has 1 aromatic heterocycles. The van der Waals surface area contributed by atoms with E-state index in [2.05, 4.69) is 67.5 Å². The van der Waals surface area contributed by atoms with Gasteiger partial charge in [-0.05, 0) is 44.1 Å². The molecule has 0 unspecified atom stereocenters. The second-order valence-corrected chi connectivity index (χ2v) is 6.89. The van der Waals surface area contributed by atoms with Crippen LogP contribution in [0.4, 0.5) is 0 Å². The van der Waals surface area contributed by atoms with Gasteiger partial charge in [0, 0.05) is 29.4 Å². The summed E-state index contributed by atoms with van der Waals surface area (Å²) in [5.74, 6) is 0. The second kappa shape index (κ2) is 8.32. The highest BCUT2D eigenvalue weighted by Gasteiger charge is 2.08. The predicted octanol–water partition coefficient (Wildman–Crippen LogP) is 3.84. The maximum absolute atomic E-state index is 3.40. The van der Waals surface area contributed by atoms with Crippen molar-refractivity contribution in [1.82, 2.24) is 10.2 Å². The third-order valence-corrected chi connectivity index (χ3v) is 4.78. The third kappa shape index (κ3) is 5.27. The van der Waals surface area contributed by atoms with E-state index in [9.17, 15) is 0 Å². The first-order chi connectivity index (χ1) is 10.2. The van der Waals surface area contributed by atoms with E-state index >= 15 is 0 Å². The van der Waals surface area contributed by atoms with Crippen molar-refractivity contribution in [2.24, 2.45) is 0 Å². The molecule has 0 aliphatic heterocycles.